The van der Waals surface area contributed by atoms with E-state index in [4.69, 9.17) is 8.83 Å². The molecule has 0 spiro atoms. The van der Waals surface area contributed by atoms with Crippen molar-refractivity contribution in [3.05, 3.63) is 28.7 Å². The third-order valence-corrected chi connectivity index (χ3v) is 3.95. The first kappa shape index (κ1) is 17.1. The van der Waals surface area contributed by atoms with Crippen molar-refractivity contribution in [2.45, 2.75) is 32.4 Å². The fourth-order valence-electron chi connectivity index (χ4n) is 1.90. The van der Waals surface area contributed by atoms with Gasteiger partial charge in [0.1, 0.15) is 5.76 Å². The average molecular weight is 336 g/mol. The largest absolute Gasteiger partial charge is 0.544 e. The minimum atomic E-state index is -1.33. The molecule has 0 radical (unpaired) electrons. The van der Waals surface area contributed by atoms with Crippen LogP contribution in [0.1, 0.15) is 32.4 Å². The summed E-state index contributed by atoms with van der Waals surface area (Å²) >= 11 is 0.842. The maximum Gasteiger partial charge on any atom is 0.281 e. The second-order valence-corrected chi connectivity index (χ2v) is 5.55. The second-order valence-electron chi connectivity index (χ2n) is 4.56. The average Bonchev–Trinajstić information content (AvgIpc) is 3.17. The van der Waals surface area contributed by atoms with Gasteiger partial charge in [-0.05, 0) is 37.8 Å². The predicted octanol–water partition coefficient (Wildman–Crippen LogP) is 1.95. The molecule has 7 nitrogen and oxygen atoms in total. The lowest BCUT2D eigenvalue weighted by Crippen LogP contribution is -2.23. The summed E-state index contributed by atoms with van der Waals surface area (Å²) in [4.78, 5) is 13.3. The monoisotopic (exact) mass is 336 g/mol. The normalized spacial score (nSPS) is 11.7. The molecule has 0 atom stereocenters. The third kappa shape index (κ3) is 4.38. The summed E-state index contributed by atoms with van der Waals surface area (Å²) in [6, 6.07) is 3.51. The van der Waals surface area contributed by atoms with Crippen molar-refractivity contribution in [2.24, 2.45) is 0 Å². The van der Waals surface area contributed by atoms with Crippen LogP contribution in [0.2, 0.25) is 0 Å². The number of thioether (sulfide) groups is 1. The van der Waals surface area contributed by atoms with Crippen molar-refractivity contribution in [2.75, 3.05) is 18.0 Å². The number of rotatable bonds is 8. The summed E-state index contributed by atoms with van der Waals surface area (Å²) in [5.74, 6) is 0.239. The van der Waals surface area contributed by atoms with Gasteiger partial charge in [-0.1, -0.05) is 6.92 Å². The lowest BCUT2D eigenvalue weighted by atomic mass is 10.4. The van der Waals surface area contributed by atoms with Crippen LogP contribution in [-0.4, -0.2) is 29.3 Å². The summed E-state index contributed by atoms with van der Waals surface area (Å²) in [5.41, 5.74) is 0. The van der Waals surface area contributed by atoms with Gasteiger partial charge in [-0.15, -0.1) is 10.2 Å². The van der Waals surface area contributed by atoms with E-state index in [0.717, 1.165) is 24.9 Å². The van der Waals surface area contributed by atoms with E-state index < -0.39 is 5.97 Å². The Hall–Kier alpha value is -2.22. The Labute approximate surface area is 138 Å². The highest BCUT2D eigenvalue weighted by Crippen LogP contribution is 2.28. The second kappa shape index (κ2) is 7.87. The molecule has 0 amide bonds. The van der Waals surface area contributed by atoms with Gasteiger partial charge in [-0.25, -0.2) is 0 Å². The SMILES string of the molecule is CCc1nnc(S/C(=C/c2ccc(N(CC)CC)o2)C(=O)[O-])o1. The van der Waals surface area contributed by atoms with Gasteiger partial charge >= 0.3 is 0 Å². The zero-order valence-electron chi connectivity index (χ0n) is 13.2. The van der Waals surface area contributed by atoms with E-state index in [-0.39, 0.29) is 10.1 Å². The Bertz CT molecular complexity index is 688. The number of hydrogen-bond acceptors (Lipinski definition) is 8. The van der Waals surface area contributed by atoms with Crippen LogP contribution < -0.4 is 10.0 Å². The molecule has 0 aliphatic rings. The Balaban J connectivity index is 2.20. The van der Waals surface area contributed by atoms with Crippen molar-refractivity contribution < 1.29 is 18.7 Å². The number of hydrogen-bond donors (Lipinski definition) is 0. The van der Waals surface area contributed by atoms with Gasteiger partial charge in [0.05, 0.1) is 5.97 Å². The molecular formula is C15H18N3O4S-. The minimum Gasteiger partial charge on any atom is -0.544 e. The van der Waals surface area contributed by atoms with Gasteiger partial charge in [0.15, 0.2) is 5.88 Å². The molecule has 0 fully saturated rings. The molecule has 0 aliphatic carbocycles. The number of anilines is 1. The van der Waals surface area contributed by atoms with E-state index in [1.54, 1.807) is 12.1 Å². The molecule has 2 rings (SSSR count). The van der Waals surface area contributed by atoms with E-state index >= 15 is 0 Å². The number of carbonyl (C=O) groups excluding carboxylic acids is 1. The van der Waals surface area contributed by atoms with Crippen LogP contribution in [0, 0.1) is 0 Å². The number of aryl methyl sites for hydroxylation is 1. The smallest absolute Gasteiger partial charge is 0.281 e. The van der Waals surface area contributed by atoms with Crippen molar-refractivity contribution in [1.29, 1.82) is 0 Å². The van der Waals surface area contributed by atoms with Crippen molar-refractivity contribution in [3.8, 4) is 0 Å². The lowest BCUT2D eigenvalue weighted by Gasteiger charge is -2.16. The molecule has 0 unspecified atom stereocenters. The van der Waals surface area contributed by atoms with Crippen molar-refractivity contribution in [1.82, 2.24) is 10.2 Å². The first-order valence-electron chi connectivity index (χ1n) is 7.35. The Morgan fingerprint density at radius 2 is 2.00 bits per heavy atom. The molecule has 0 aromatic carbocycles. The highest BCUT2D eigenvalue weighted by atomic mass is 32.2. The van der Waals surface area contributed by atoms with Gasteiger partial charge in [0, 0.05) is 30.5 Å². The lowest BCUT2D eigenvalue weighted by molar-refractivity contribution is -0.298. The van der Waals surface area contributed by atoms with Crippen LogP contribution in [-0.2, 0) is 11.2 Å². The van der Waals surface area contributed by atoms with Crippen molar-refractivity contribution in [3.63, 3.8) is 0 Å². The van der Waals surface area contributed by atoms with Crippen LogP contribution >= 0.6 is 11.8 Å². The van der Waals surface area contributed by atoms with E-state index in [0.29, 0.717) is 24.0 Å². The number of aromatic nitrogens is 2. The summed E-state index contributed by atoms with van der Waals surface area (Å²) in [6.45, 7) is 7.51. The maximum atomic E-state index is 11.3. The quantitative estimate of drug-likeness (QED) is 0.533. The molecular weight excluding hydrogens is 318 g/mol. The number of nitrogens with zero attached hydrogens (tertiary/aromatic N) is 3. The molecule has 2 aromatic rings. The fourth-order valence-corrected chi connectivity index (χ4v) is 2.57. The molecule has 0 aliphatic heterocycles. The summed E-state index contributed by atoms with van der Waals surface area (Å²) in [5, 5.41) is 19.0. The molecule has 0 saturated heterocycles. The van der Waals surface area contributed by atoms with Crippen LogP contribution in [0.3, 0.4) is 0 Å². The van der Waals surface area contributed by atoms with Crippen LogP contribution in [0.4, 0.5) is 5.88 Å². The van der Waals surface area contributed by atoms with E-state index in [2.05, 4.69) is 10.2 Å². The predicted molar refractivity (Wildman–Crippen MR) is 84.8 cm³/mol. The molecule has 0 bridgehead atoms. The molecule has 124 valence electrons. The number of carbonyl (C=O) groups is 1. The van der Waals surface area contributed by atoms with E-state index in [9.17, 15) is 9.90 Å². The molecule has 0 saturated carbocycles. The fraction of sp³-hybridized carbons (Fsp3) is 0.400. The standard InChI is InChI=1S/C15H19N3O4S/c1-4-12-16-17-15(22-12)23-11(14(19)20)9-10-7-8-13(21-10)18(5-2)6-3/h7-9H,4-6H2,1-3H3,(H,19,20)/p-1/b11-9+. The highest BCUT2D eigenvalue weighted by Gasteiger charge is 2.12. The number of furan rings is 1. The number of carboxylic acid groups (broad SMARTS) is 1. The van der Waals surface area contributed by atoms with Crippen molar-refractivity contribution >= 4 is 29.7 Å². The van der Waals surface area contributed by atoms with Crippen LogP contribution in [0.25, 0.3) is 6.08 Å². The maximum absolute atomic E-state index is 11.3. The Kier molecular flexibility index (Phi) is 5.86. The molecule has 8 heteroatoms. The van der Waals surface area contributed by atoms with Gasteiger partial charge in [-0.2, -0.15) is 0 Å². The minimum absolute atomic E-state index is 0.0586. The molecule has 23 heavy (non-hydrogen) atoms. The summed E-state index contributed by atoms with van der Waals surface area (Å²) in [7, 11) is 0. The first-order valence-corrected chi connectivity index (χ1v) is 8.17. The molecule has 2 aromatic heterocycles. The first-order chi connectivity index (χ1) is 11.1. The number of carboxylic acids is 1. The summed E-state index contributed by atoms with van der Waals surface area (Å²) < 4.78 is 11.0. The van der Waals surface area contributed by atoms with Gasteiger partial charge in [0.25, 0.3) is 5.22 Å². The van der Waals surface area contributed by atoms with E-state index in [1.807, 2.05) is 25.7 Å². The zero-order chi connectivity index (χ0) is 16.8. The highest BCUT2D eigenvalue weighted by molar-refractivity contribution is 8.03. The van der Waals surface area contributed by atoms with E-state index in [1.165, 1.54) is 6.08 Å². The topological polar surface area (TPSA) is 95.4 Å². The van der Waals surface area contributed by atoms with Crippen LogP contribution in [0.15, 0.2) is 31.1 Å². The molecule has 2 heterocycles. The van der Waals surface area contributed by atoms with Gasteiger partial charge in [0.2, 0.25) is 5.89 Å². The van der Waals surface area contributed by atoms with Crippen LogP contribution in [0.5, 0.6) is 0 Å². The van der Waals surface area contributed by atoms with Gasteiger partial charge in [-0.3, -0.25) is 0 Å². The summed E-state index contributed by atoms with van der Waals surface area (Å²) in [6.07, 6.45) is 1.98. The number of aliphatic carboxylic acids is 1. The third-order valence-electron chi connectivity index (χ3n) is 3.11. The zero-order valence-corrected chi connectivity index (χ0v) is 14.1. The molecule has 0 N–H and O–H groups in total. The Morgan fingerprint density at radius 1 is 1.26 bits per heavy atom. The Morgan fingerprint density at radius 3 is 2.57 bits per heavy atom. The van der Waals surface area contributed by atoms with Gasteiger partial charge < -0.3 is 23.6 Å².